The Balaban J connectivity index is 1.35. The molecule has 4 aromatic rings. The quantitative estimate of drug-likeness (QED) is 0.276. The van der Waals surface area contributed by atoms with Gasteiger partial charge in [0, 0.05) is 37.3 Å². The van der Waals surface area contributed by atoms with Crippen LogP contribution in [-0.2, 0) is 12.8 Å². The summed E-state index contributed by atoms with van der Waals surface area (Å²) in [7, 11) is 6.65. The van der Waals surface area contributed by atoms with Crippen molar-refractivity contribution in [2.75, 3.05) is 53.4 Å². The smallest absolute Gasteiger partial charge is 0.319 e. The molecule has 1 aliphatic rings. The molecule has 1 atom stereocenters. The van der Waals surface area contributed by atoms with Crippen molar-refractivity contribution in [3.63, 3.8) is 0 Å². The van der Waals surface area contributed by atoms with Gasteiger partial charge in [-0.3, -0.25) is 9.88 Å². The summed E-state index contributed by atoms with van der Waals surface area (Å²) in [4.78, 5) is 19.6. The largest absolute Gasteiger partial charge is 0.497 e. The van der Waals surface area contributed by atoms with Gasteiger partial charge >= 0.3 is 6.03 Å². The van der Waals surface area contributed by atoms with Crippen LogP contribution >= 0.6 is 0 Å². The SMILES string of the molecule is COc1ccc(OC)c(CC2c3cc(OC)c(OC)cc3CCN2CCNC(=O)Nc2ccnc3ccccc23)c1. The van der Waals surface area contributed by atoms with Gasteiger partial charge in [-0.25, -0.2) is 4.79 Å². The topological polar surface area (TPSA) is 94.2 Å². The fourth-order valence-corrected chi connectivity index (χ4v) is 5.52. The highest BCUT2D eigenvalue weighted by Gasteiger charge is 2.30. The molecule has 2 heterocycles. The maximum atomic E-state index is 12.9. The lowest BCUT2D eigenvalue weighted by Crippen LogP contribution is -2.42. The first-order valence-corrected chi connectivity index (χ1v) is 13.6. The van der Waals surface area contributed by atoms with Crippen LogP contribution in [0.3, 0.4) is 0 Å². The van der Waals surface area contributed by atoms with Crippen LogP contribution < -0.4 is 29.6 Å². The lowest BCUT2D eigenvalue weighted by atomic mass is 9.87. The number of hydrogen-bond acceptors (Lipinski definition) is 7. The van der Waals surface area contributed by atoms with Gasteiger partial charge in [-0.1, -0.05) is 18.2 Å². The fraction of sp³-hybridized carbons (Fsp3) is 0.312. The summed E-state index contributed by atoms with van der Waals surface area (Å²) in [6.45, 7) is 1.97. The maximum Gasteiger partial charge on any atom is 0.319 e. The number of ether oxygens (including phenoxy) is 4. The number of urea groups is 1. The molecule has 0 fully saturated rings. The van der Waals surface area contributed by atoms with E-state index in [0.29, 0.717) is 25.3 Å². The first kappa shape index (κ1) is 28.0. The van der Waals surface area contributed by atoms with Crippen molar-refractivity contribution >= 4 is 22.6 Å². The number of para-hydroxylation sites is 1. The molecule has 2 N–H and O–H groups in total. The fourth-order valence-electron chi connectivity index (χ4n) is 5.52. The van der Waals surface area contributed by atoms with Crippen LogP contribution in [0.5, 0.6) is 23.0 Å². The molecular weight excluding hydrogens is 520 g/mol. The van der Waals surface area contributed by atoms with E-state index in [1.54, 1.807) is 34.6 Å². The second kappa shape index (κ2) is 12.8. The summed E-state index contributed by atoms with van der Waals surface area (Å²) in [5.74, 6) is 3.00. The Bertz CT molecular complexity index is 1520. The van der Waals surface area contributed by atoms with Gasteiger partial charge < -0.3 is 29.6 Å². The molecule has 1 aliphatic heterocycles. The normalized spacial score (nSPS) is 14.7. The highest BCUT2D eigenvalue weighted by molar-refractivity contribution is 6.00. The van der Waals surface area contributed by atoms with E-state index in [0.717, 1.165) is 52.4 Å². The number of pyridine rings is 1. The lowest BCUT2D eigenvalue weighted by Gasteiger charge is -2.38. The third kappa shape index (κ3) is 6.15. The van der Waals surface area contributed by atoms with E-state index in [-0.39, 0.29) is 12.1 Å². The number of rotatable bonds is 10. The molecule has 214 valence electrons. The van der Waals surface area contributed by atoms with E-state index in [1.165, 1.54) is 11.1 Å². The molecule has 0 spiro atoms. The number of fused-ring (bicyclic) bond motifs is 2. The third-order valence-corrected chi connectivity index (χ3v) is 7.60. The van der Waals surface area contributed by atoms with E-state index in [4.69, 9.17) is 18.9 Å². The predicted octanol–water partition coefficient (Wildman–Crippen LogP) is 5.23. The van der Waals surface area contributed by atoms with Crippen molar-refractivity contribution in [1.82, 2.24) is 15.2 Å². The minimum absolute atomic E-state index is 0.0218. The van der Waals surface area contributed by atoms with Crippen LogP contribution in [-0.4, -0.2) is 64.0 Å². The van der Waals surface area contributed by atoms with Crippen LogP contribution in [0.15, 0.2) is 66.9 Å². The zero-order valence-corrected chi connectivity index (χ0v) is 23.9. The zero-order chi connectivity index (χ0) is 28.8. The lowest BCUT2D eigenvalue weighted by molar-refractivity contribution is 0.182. The highest BCUT2D eigenvalue weighted by Crippen LogP contribution is 2.40. The summed E-state index contributed by atoms with van der Waals surface area (Å²) in [6, 6.07) is 19.3. The average Bonchev–Trinajstić information content (AvgIpc) is 3.01. The second-order valence-corrected chi connectivity index (χ2v) is 9.85. The molecule has 0 aliphatic carbocycles. The van der Waals surface area contributed by atoms with E-state index >= 15 is 0 Å². The number of nitrogens with zero attached hydrogens (tertiary/aromatic N) is 2. The van der Waals surface area contributed by atoms with Crippen LogP contribution in [0.2, 0.25) is 0 Å². The molecule has 5 rings (SSSR count). The Labute approximate surface area is 240 Å². The molecule has 1 unspecified atom stereocenters. The number of methoxy groups -OCH3 is 4. The van der Waals surface area contributed by atoms with Gasteiger partial charge in [0.1, 0.15) is 11.5 Å². The first-order valence-electron chi connectivity index (χ1n) is 13.6. The molecule has 0 saturated heterocycles. The number of aromatic nitrogens is 1. The molecule has 0 saturated carbocycles. The predicted molar refractivity (Wildman–Crippen MR) is 160 cm³/mol. The molecule has 9 heteroatoms. The summed E-state index contributed by atoms with van der Waals surface area (Å²) in [6.07, 6.45) is 3.25. The number of carbonyl (C=O) groups is 1. The highest BCUT2D eigenvalue weighted by atomic mass is 16.5. The molecule has 9 nitrogen and oxygen atoms in total. The minimum Gasteiger partial charge on any atom is -0.497 e. The molecule has 3 aromatic carbocycles. The van der Waals surface area contributed by atoms with Gasteiger partial charge in [0.05, 0.1) is 39.6 Å². The molecule has 2 amide bonds. The maximum absolute atomic E-state index is 12.9. The van der Waals surface area contributed by atoms with E-state index in [2.05, 4.69) is 32.7 Å². The van der Waals surface area contributed by atoms with E-state index in [1.807, 2.05) is 48.5 Å². The third-order valence-electron chi connectivity index (χ3n) is 7.60. The van der Waals surface area contributed by atoms with Crippen LogP contribution in [0.1, 0.15) is 22.7 Å². The Morgan fingerprint density at radius 3 is 2.49 bits per heavy atom. The first-order chi connectivity index (χ1) is 20.0. The van der Waals surface area contributed by atoms with Crippen molar-refractivity contribution in [2.45, 2.75) is 18.9 Å². The molecule has 0 radical (unpaired) electrons. The molecule has 41 heavy (non-hydrogen) atoms. The van der Waals surface area contributed by atoms with Crippen molar-refractivity contribution in [3.05, 3.63) is 83.6 Å². The van der Waals surface area contributed by atoms with Crippen molar-refractivity contribution in [1.29, 1.82) is 0 Å². The molecule has 0 bridgehead atoms. The number of amides is 2. The van der Waals surface area contributed by atoms with Crippen LogP contribution in [0, 0.1) is 0 Å². The van der Waals surface area contributed by atoms with Gasteiger partial charge in [-0.05, 0) is 72.0 Å². The number of anilines is 1. The Morgan fingerprint density at radius 2 is 1.71 bits per heavy atom. The van der Waals surface area contributed by atoms with Crippen LogP contribution in [0.4, 0.5) is 10.5 Å². The number of benzene rings is 3. The summed E-state index contributed by atoms with van der Waals surface area (Å²) in [5.41, 5.74) is 5.00. The Kier molecular flexibility index (Phi) is 8.74. The molecule has 1 aromatic heterocycles. The second-order valence-electron chi connectivity index (χ2n) is 9.85. The van der Waals surface area contributed by atoms with Gasteiger partial charge in [-0.15, -0.1) is 0 Å². The average molecular weight is 557 g/mol. The number of nitrogens with one attached hydrogen (secondary N) is 2. The molecular formula is C32H36N4O5. The Morgan fingerprint density at radius 1 is 0.927 bits per heavy atom. The van der Waals surface area contributed by atoms with Gasteiger partial charge in [0.15, 0.2) is 11.5 Å². The van der Waals surface area contributed by atoms with Gasteiger partial charge in [0.2, 0.25) is 0 Å². The summed E-state index contributed by atoms with van der Waals surface area (Å²) >= 11 is 0. The monoisotopic (exact) mass is 556 g/mol. The summed E-state index contributed by atoms with van der Waals surface area (Å²) < 4.78 is 22.5. The minimum atomic E-state index is -0.254. The van der Waals surface area contributed by atoms with Gasteiger partial charge in [-0.2, -0.15) is 0 Å². The van der Waals surface area contributed by atoms with Crippen molar-refractivity contribution < 1.29 is 23.7 Å². The standard InChI is InChI=1S/C32H36N4O5/c1-38-23-9-10-29(39-2)22(17-23)18-28-25-20-31(41-4)30(40-3)19-21(25)12-15-36(28)16-14-34-32(37)35-27-11-13-33-26-8-6-5-7-24(26)27/h5-11,13,17,19-20,28H,12,14-16,18H2,1-4H3,(H2,33,34,35,37). The van der Waals surface area contributed by atoms with Crippen molar-refractivity contribution in [3.8, 4) is 23.0 Å². The number of hydrogen-bond donors (Lipinski definition) is 2. The van der Waals surface area contributed by atoms with Gasteiger partial charge in [0.25, 0.3) is 0 Å². The number of carbonyl (C=O) groups excluding carboxylic acids is 1. The Hall–Kier alpha value is -4.50. The van der Waals surface area contributed by atoms with E-state index in [9.17, 15) is 4.79 Å². The van der Waals surface area contributed by atoms with Crippen LogP contribution in [0.25, 0.3) is 10.9 Å². The summed E-state index contributed by atoms with van der Waals surface area (Å²) in [5, 5.41) is 6.90. The van der Waals surface area contributed by atoms with E-state index < -0.39 is 0 Å². The zero-order valence-electron chi connectivity index (χ0n) is 23.9. The van der Waals surface area contributed by atoms with Crippen molar-refractivity contribution in [2.24, 2.45) is 0 Å².